The number of nitrogens with two attached hydrogens (primary N) is 1. The zero-order chi connectivity index (χ0) is 22.7. The van der Waals surface area contributed by atoms with E-state index in [9.17, 15) is 19.5 Å². The lowest BCUT2D eigenvalue weighted by atomic mass is 9.97. The third-order valence-electron chi connectivity index (χ3n) is 6.01. The molecule has 0 saturated carbocycles. The van der Waals surface area contributed by atoms with E-state index in [2.05, 4.69) is 15.6 Å². The van der Waals surface area contributed by atoms with Gasteiger partial charge in [-0.05, 0) is 31.2 Å². The molecular formula is C22H26N5O4S-. The van der Waals surface area contributed by atoms with Crippen LogP contribution < -0.4 is 21.5 Å². The predicted octanol–water partition coefficient (Wildman–Crippen LogP) is 0.234. The van der Waals surface area contributed by atoms with Gasteiger partial charge in [-0.2, -0.15) is 0 Å². The quantitative estimate of drug-likeness (QED) is 0.569. The fraction of sp³-hybridized carbons (Fsp3) is 0.455. The number of carbonyl (C=O) groups is 3. The van der Waals surface area contributed by atoms with Gasteiger partial charge in [0.15, 0.2) is 5.13 Å². The normalized spacial score (nSPS) is 20.9. The predicted molar refractivity (Wildman–Crippen MR) is 118 cm³/mol. The minimum Gasteiger partial charge on any atom is -0.530 e. The Kier molecular flexibility index (Phi) is 6.59. The first kappa shape index (κ1) is 22.1. The number of carboxylic acid groups (broad SMARTS) is 1. The van der Waals surface area contributed by atoms with Crippen LogP contribution in [0.2, 0.25) is 0 Å². The Morgan fingerprint density at radius 3 is 2.78 bits per heavy atom. The molecule has 3 atom stereocenters. The number of likely N-dealkylation sites (tertiary alicyclic amines) is 1. The van der Waals surface area contributed by atoms with Crippen LogP contribution in [0.3, 0.4) is 0 Å². The van der Waals surface area contributed by atoms with Crippen molar-refractivity contribution in [3.63, 3.8) is 0 Å². The minimum absolute atomic E-state index is 0.0335. The lowest BCUT2D eigenvalue weighted by molar-refractivity contribution is -0.251. The number of aryl methyl sites for hydroxylation is 1. The van der Waals surface area contributed by atoms with E-state index in [1.807, 2.05) is 30.3 Å². The molecule has 170 valence electrons. The summed E-state index contributed by atoms with van der Waals surface area (Å²) in [7, 11) is 0. The highest BCUT2D eigenvalue weighted by molar-refractivity contribution is 7.15. The van der Waals surface area contributed by atoms with Gasteiger partial charge in [-0.15, -0.1) is 11.3 Å². The van der Waals surface area contributed by atoms with Gasteiger partial charge >= 0.3 is 0 Å². The van der Waals surface area contributed by atoms with E-state index in [1.54, 1.807) is 0 Å². The first-order valence-corrected chi connectivity index (χ1v) is 11.6. The number of nitrogen functional groups attached to an aromatic ring is 1. The van der Waals surface area contributed by atoms with Gasteiger partial charge in [0, 0.05) is 30.3 Å². The second kappa shape index (κ2) is 9.56. The smallest absolute Gasteiger partial charge is 0.246 e. The molecule has 1 aliphatic heterocycles. The number of rotatable bonds is 6. The molecule has 2 aromatic rings. The second-order valence-electron chi connectivity index (χ2n) is 8.23. The van der Waals surface area contributed by atoms with E-state index >= 15 is 0 Å². The van der Waals surface area contributed by atoms with E-state index in [-0.39, 0.29) is 18.4 Å². The molecule has 2 heterocycles. The summed E-state index contributed by atoms with van der Waals surface area (Å²) in [5.74, 6) is -0.606. The maximum absolute atomic E-state index is 13.2. The van der Waals surface area contributed by atoms with Gasteiger partial charge in [0.05, 0.1) is 5.69 Å². The Labute approximate surface area is 190 Å². The summed E-state index contributed by atoms with van der Waals surface area (Å²) in [4.78, 5) is 44.4. The Balaban J connectivity index is 1.42. The molecule has 10 heteroatoms. The molecule has 4 N–H and O–H groups in total. The summed E-state index contributed by atoms with van der Waals surface area (Å²) in [5, 5.41) is 17.1. The van der Waals surface area contributed by atoms with Crippen LogP contribution in [0, 0.1) is 0 Å². The van der Waals surface area contributed by atoms with Crippen LogP contribution in [0.4, 0.5) is 9.93 Å². The number of aromatic nitrogens is 1. The number of carbonyl (C=O) groups excluding carboxylic acids is 3. The van der Waals surface area contributed by atoms with E-state index < -0.39 is 24.1 Å². The lowest BCUT2D eigenvalue weighted by Crippen LogP contribution is -2.57. The van der Waals surface area contributed by atoms with Gasteiger partial charge in [0.1, 0.15) is 18.2 Å². The second-order valence-corrected chi connectivity index (χ2v) is 9.35. The Bertz CT molecular complexity index is 995. The largest absolute Gasteiger partial charge is 0.530 e. The topological polar surface area (TPSA) is 140 Å². The Morgan fingerprint density at radius 2 is 2.03 bits per heavy atom. The number of nitrogens with one attached hydrogen (secondary N) is 2. The van der Waals surface area contributed by atoms with Crippen LogP contribution in [0.5, 0.6) is 0 Å². The molecule has 1 saturated heterocycles. The van der Waals surface area contributed by atoms with Crippen LogP contribution in [0.15, 0.2) is 30.3 Å². The van der Waals surface area contributed by atoms with Gasteiger partial charge in [-0.1, -0.05) is 30.3 Å². The van der Waals surface area contributed by atoms with Crippen molar-refractivity contribution in [3.8, 4) is 0 Å². The average molecular weight is 457 g/mol. The summed E-state index contributed by atoms with van der Waals surface area (Å²) < 4.78 is 0. The highest BCUT2D eigenvalue weighted by Gasteiger charge is 2.38. The first-order valence-electron chi connectivity index (χ1n) is 10.8. The van der Waals surface area contributed by atoms with E-state index in [0.717, 1.165) is 29.0 Å². The molecule has 1 aliphatic carbocycles. The van der Waals surface area contributed by atoms with Crippen molar-refractivity contribution in [2.24, 2.45) is 0 Å². The lowest BCUT2D eigenvalue weighted by Gasteiger charge is -2.31. The molecule has 1 aromatic carbocycles. The number of thiazole rings is 1. The van der Waals surface area contributed by atoms with Crippen molar-refractivity contribution in [2.75, 3.05) is 12.3 Å². The fourth-order valence-electron chi connectivity index (χ4n) is 4.51. The van der Waals surface area contributed by atoms with Crippen molar-refractivity contribution in [1.82, 2.24) is 20.5 Å². The third-order valence-corrected chi connectivity index (χ3v) is 6.96. The SMILES string of the molecule is Nc1nc2c(s1)CC(NC(=O)[C@@H]1CCCN1C(=O)[C@@H](Cc1ccccc1)NC(=O)[O-])CC2. The average Bonchev–Trinajstić information content (AvgIpc) is 3.39. The number of fused-ring (bicyclic) bond motifs is 1. The number of nitrogens with zero attached hydrogens (tertiary/aromatic N) is 2. The molecule has 0 spiro atoms. The standard InChI is InChI=1S/C22H27N5O4S/c23-21-25-15-9-8-14(12-18(15)32-21)24-19(28)17-7-4-10-27(17)20(29)16(26-22(30)31)11-13-5-2-1-3-6-13/h1-3,5-6,14,16-17,26H,4,7-12H2,(H2,23,25)(H,24,28)(H,30,31)/p-1/t14?,16-,17+/m1/s1. The van der Waals surface area contributed by atoms with E-state index in [0.29, 0.717) is 30.9 Å². The maximum Gasteiger partial charge on any atom is 0.246 e. The van der Waals surface area contributed by atoms with Crippen molar-refractivity contribution in [2.45, 2.75) is 56.7 Å². The van der Waals surface area contributed by atoms with Crippen LogP contribution >= 0.6 is 11.3 Å². The summed E-state index contributed by atoms with van der Waals surface area (Å²) in [6.45, 7) is 0.414. The molecule has 32 heavy (non-hydrogen) atoms. The summed E-state index contributed by atoms with van der Waals surface area (Å²) in [6.07, 6.45) is 2.12. The van der Waals surface area contributed by atoms with Crippen molar-refractivity contribution < 1.29 is 19.5 Å². The van der Waals surface area contributed by atoms with Crippen molar-refractivity contribution in [3.05, 3.63) is 46.5 Å². The number of hydrogen-bond acceptors (Lipinski definition) is 7. The zero-order valence-electron chi connectivity index (χ0n) is 17.6. The summed E-state index contributed by atoms with van der Waals surface area (Å²) in [5.41, 5.74) is 7.63. The molecule has 2 aliphatic rings. The Hall–Kier alpha value is -3.14. The van der Waals surface area contributed by atoms with Crippen LogP contribution in [-0.2, 0) is 28.9 Å². The molecule has 9 nitrogen and oxygen atoms in total. The number of hydrogen-bond donors (Lipinski definition) is 3. The van der Waals surface area contributed by atoms with Gasteiger partial charge in [0.25, 0.3) is 0 Å². The highest BCUT2D eigenvalue weighted by atomic mass is 32.1. The monoisotopic (exact) mass is 456 g/mol. The van der Waals surface area contributed by atoms with E-state index in [1.165, 1.54) is 16.2 Å². The van der Waals surface area contributed by atoms with Crippen molar-refractivity contribution in [1.29, 1.82) is 0 Å². The van der Waals surface area contributed by atoms with Gasteiger partial charge in [-0.25, -0.2) is 4.98 Å². The molecule has 1 unspecified atom stereocenters. The molecular weight excluding hydrogens is 430 g/mol. The molecule has 1 aromatic heterocycles. The zero-order valence-corrected chi connectivity index (χ0v) is 18.4. The van der Waals surface area contributed by atoms with Gasteiger partial charge in [-0.3, -0.25) is 9.59 Å². The number of amides is 3. The van der Waals surface area contributed by atoms with E-state index in [4.69, 9.17) is 5.73 Å². The van der Waals surface area contributed by atoms with Gasteiger partial charge in [0.2, 0.25) is 11.8 Å². The third kappa shape index (κ3) is 5.01. The molecule has 4 rings (SSSR count). The molecule has 0 radical (unpaired) electrons. The van der Waals surface area contributed by atoms with Crippen LogP contribution in [-0.4, -0.2) is 52.5 Å². The molecule has 1 fully saturated rings. The first-order chi connectivity index (χ1) is 15.4. The number of anilines is 1. The fourth-order valence-corrected chi connectivity index (χ4v) is 5.47. The van der Waals surface area contributed by atoms with Crippen LogP contribution in [0.25, 0.3) is 0 Å². The highest BCUT2D eigenvalue weighted by Crippen LogP contribution is 2.28. The van der Waals surface area contributed by atoms with Crippen molar-refractivity contribution >= 4 is 34.4 Å². The van der Waals surface area contributed by atoms with Crippen LogP contribution in [0.1, 0.15) is 35.4 Å². The summed E-state index contributed by atoms with van der Waals surface area (Å²) in [6, 6.07) is 7.51. The minimum atomic E-state index is -1.51. The Morgan fingerprint density at radius 1 is 1.25 bits per heavy atom. The maximum atomic E-state index is 13.2. The molecule has 3 amide bonds. The number of benzene rings is 1. The van der Waals surface area contributed by atoms with Gasteiger partial charge < -0.3 is 31.2 Å². The molecule has 0 bridgehead atoms. The summed E-state index contributed by atoms with van der Waals surface area (Å²) >= 11 is 1.45.